The molecule has 2 N–H and O–H groups in total. The standard InChI is InChI=1S/C18H20N2O4S.ClH/c19-16-12-20(11-15(16)13-4-2-1-3-5-13)25(21,22)14-6-7-17-18(10-14)24-9-8-23-17;/h1-7,10,15-16H,8-9,11-12,19H2;1H/t15-,16+;/m0./s1. The van der Waals surface area contributed by atoms with Crippen LogP contribution in [0.1, 0.15) is 11.5 Å². The van der Waals surface area contributed by atoms with Gasteiger partial charge in [0.05, 0.1) is 4.90 Å². The lowest BCUT2D eigenvalue weighted by Crippen LogP contribution is -2.32. The molecular weight excluding hydrogens is 376 g/mol. The fraction of sp³-hybridized carbons (Fsp3) is 0.333. The molecule has 2 atom stereocenters. The van der Waals surface area contributed by atoms with E-state index in [0.29, 0.717) is 37.8 Å². The Bertz CT molecular complexity index is 876. The molecule has 2 heterocycles. The highest BCUT2D eigenvalue weighted by atomic mass is 35.5. The number of hydrogen-bond acceptors (Lipinski definition) is 5. The van der Waals surface area contributed by atoms with E-state index in [1.807, 2.05) is 30.3 Å². The molecule has 0 aliphatic carbocycles. The van der Waals surface area contributed by atoms with Crippen molar-refractivity contribution < 1.29 is 17.9 Å². The average molecular weight is 397 g/mol. The molecule has 0 aromatic heterocycles. The summed E-state index contributed by atoms with van der Waals surface area (Å²) in [6.07, 6.45) is 0. The van der Waals surface area contributed by atoms with Crippen molar-refractivity contribution in [2.75, 3.05) is 26.3 Å². The number of ether oxygens (including phenoxy) is 2. The highest BCUT2D eigenvalue weighted by molar-refractivity contribution is 7.89. The second-order valence-electron chi connectivity index (χ2n) is 6.31. The molecule has 0 unspecified atom stereocenters. The van der Waals surface area contributed by atoms with Crippen LogP contribution in [-0.2, 0) is 10.0 Å². The van der Waals surface area contributed by atoms with E-state index in [4.69, 9.17) is 15.2 Å². The molecule has 6 nitrogen and oxygen atoms in total. The third-order valence-corrected chi connectivity index (χ3v) is 6.54. The molecule has 26 heavy (non-hydrogen) atoms. The van der Waals surface area contributed by atoms with Crippen molar-refractivity contribution in [1.82, 2.24) is 4.31 Å². The fourth-order valence-corrected chi connectivity index (χ4v) is 4.89. The monoisotopic (exact) mass is 396 g/mol. The summed E-state index contributed by atoms with van der Waals surface area (Å²) in [4.78, 5) is 0.206. The molecule has 2 aliphatic rings. The van der Waals surface area contributed by atoms with Crippen LogP contribution in [0.15, 0.2) is 53.4 Å². The van der Waals surface area contributed by atoms with Gasteiger partial charge < -0.3 is 15.2 Å². The molecule has 1 saturated heterocycles. The van der Waals surface area contributed by atoms with Gasteiger partial charge in [-0.1, -0.05) is 30.3 Å². The maximum absolute atomic E-state index is 13.0. The SMILES string of the molecule is Cl.N[C@@H]1CN(S(=O)(=O)c2ccc3c(c2)OCCO3)C[C@H]1c1ccccc1. The Morgan fingerprint density at radius 1 is 0.962 bits per heavy atom. The molecule has 0 saturated carbocycles. The Hall–Kier alpha value is -1.80. The summed E-state index contributed by atoms with van der Waals surface area (Å²) >= 11 is 0. The minimum Gasteiger partial charge on any atom is -0.486 e. The molecule has 2 aromatic rings. The smallest absolute Gasteiger partial charge is 0.243 e. The lowest BCUT2D eigenvalue weighted by molar-refractivity contribution is 0.171. The van der Waals surface area contributed by atoms with Crippen LogP contribution in [0.4, 0.5) is 0 Å². The van der Waals surface area contributed by atoms with Crippen molar-refractivity contribution in [1.29, 1.82) is 0 Å². The van der Waals surface area contributed by atoms with Crippen LogP contribution in [0, 0.1) is 0 Å². The number of halogens is 1. The molecule has 2 aliphatic heterocycles. The molecule has 4 rings (SSSR count). The number of nitrogens with two attached hydrogens (primary N) is 1. The largest absolute Gasteiger partial charge is 0.486 e. The molecule has 0 amide bonds. The summed E-state index contributed by atoms with van der Waals surface area (Å²) in [6.45, 7) is 1.57. The summed E-state index contributed by atoms with van der Waals surface area (Å²) in [5.74, 6) is 1.04. The van der Waals surface area contributed by atoms with Gasteiger partial charge in [-0.25, -0.2) is 8.42 Å². The summed E-state index contributed by atoms with van der Waals surface area (Å²) in [5.41, 5.74) is 7.30. The van der Waals surface area contributed by atoms with E-state index < -0.39 is 10.0 Å². The average Bonchev–Trinajstić information content (AvgIpc) is 3.04. The molecule has 2 aromatic carbocycles. The minimum absolute atomic E-state index is 0. The van der Waals surface area contributed by atoms with Crippen LogP contribution in [0.25, 0.3) is 0 Å². The Morgan fingerprint density at radius 3 is 2.38 bits per heavy atom. The van der Waals surface area contributed by atoms with Gasteiger partial charge in [0, 0.05) is 31.1 Å². The summed E-state index contributed by atoms with van der Waals surface area (Å²) in [5, 5.41) is 0. The summed E-state index contributed by atoms with van der Waals surface area (Å²) in [6, 6.07) is 14.3. The predicted octanol–water partition coefficient (Wildman–Crippen LogP) is 2.00. The number of benzene rings is 2. The molecule has 1 fully saturated rings. The Balaban J connectivity index is 0.00000196. The summed E-state index contributed by atoms with van der Waals surface area (Å²) < 4.78 is 38.4. The second-order valence-corrected chi connectivity index (χ2v) is 8.25. The molecule has 0 spiro atoms. The minimum atomic E-state index is -3.63. The maximum Gasteiger partial charge on any atom is 0.243 e. The van der Waals surface area contributed by atoms with Crippen molar-refractivity contribution in [3.8, 4) is 11.5 Å². The lowest BCUT2D eigenvalue weighted by atomic mass is 9.95. The zero-order valence-corrected chi connectivity index (χ0v) is 15.7. The van der Waals surface area contributed by atoms with Crippen LogP contribution in [0.5, 0.6) is 11.5 Å². The number of rotatable bonds is 3. The van der Waals surface area contributed by atoms with Gasteiger partial charge in [0.1, 0.15) is 13.2 Å². The van der Waals surface area contributed by atoms with Crippen LogP contribution in [0.3, 0.4) is 0 Å². The van der Waals surface area contributed by atoms with Gasteiger partial charge in [0.25, 0.3) is 0 Å². The third kappa shape index (κ3) is 3.40. The van der Waals surface area contributed by atoms with Gasteiger partial charge in [-0.2, -0.15) is 4.31 Å². The first-order valence-corrected chi connectivity index (χ1v) is 9.70. The molecule has 0 bridgehead atoms. The highest BCUT2D eigenvalue weighted by Gasteiger charge is 2.38. The molecule has 0 radical (unpaired) electrons. The first kappa shape index (κ1) is 19.0. The first-order chi connectivity index (χ1) is 12.1. The van der Waals surface area contributed by atoms with E-state index in [-0.39, 0.29) is 29.3 Å². The Morgan fingerprint density at radius 2 is 1.65 bits per heavy atom. The van der Waals surface area contributed by atoms with Gasteiger partial charge in [0.15, 0.2) is 11.5 Å². The van der Waals surface area contributed by atoms with E-state index in [1.165, 1.54) is 10.4 Å². The van der Waals surface area contributed by atoms with Gasteiger partial charge in [-0.05, 0) is 17.7 Å². The molecular formula is C18H21ClN2O4S. The van der Waals surface area contributed by atoms with E-state index in [9.17, 15) is 8.42 Å². The number of fused-ring (bicyclic) bond motifs is 1. The first-order valence-electron chi connectivity index (χ1n) is 8.26. The van der Waals surface area contributed by atoms with Crippen LogP contribution in [-0.4, -0.2) is 45.1 Å². The molecule has 140 valence electrons. The van der Waals surface area contributed by atoms with Crippen molar-refractivity contribution in [3.63, 3.8) is 0 Å². The van der Waals surface area contributed by atoms with E-state index >= 15 is 0 Å². The normalized spacial score (nSPS) is 22.7. The number of nitrogens with zero attached hydrogens (tertiary/aromatic N) is 1. The maximum atomic E-state index is 13.0. The molecule has 8 heteroatoms. The number of hydrogen-bond donors (Lipinski definition) is 1. The van der Waals surface area contributed by atoms with Crippen LogP contribution >= 0.6 is 12.4 Å². The van der Waals surface area contributed by atoms with Gasteiger partial charge in [-0.15, -0.1) is 12.4 Å². The third-order valence-electron chi connectivity index (χ3n) is 4.71. The van der Waals surface area contributed by atoms with Crippen molar-refractivity contribution >= 4 is 22.4 Å². The van der Waals surface area contributed by atoms with E-state index in [2.05, 4.69) is 0 Å². The quantitative estimate of drug-likeness (QED) is 0.858. The second kappa shape index (κ2) is 7.44. The van der Waals surface area contributed by atoms with Crippen molar-refractivity contribution in [2.45, 2.75) is 16.9 Å². The Labute approximate surface area is 159 Å². The van der Waals surface area contributed by atoms with Gasteiger partial charge in [-0.3, -0.25) is 0 Å². The van der Waals surface area contributed by atoms with Gasteiger partial charge >= 0.3 is 0 Å². The zero-order valence-electron chi connectivity index (χ0n) is 14.1. The van der Waals surface area contributed by atoms with Crippen LogP contribution < -0.4 is 15.2 Å². The predicted molar refractivity (Wildman–Crippen MR) is 101 cm³/mol. The lowest BCUT2D eigenvalue weighted by Gasteiger charge is -2.21. The van der Waals surface area contributed by atoms with E-state index in [1.54, 1.807) is 12.1 Å². The topological polar surface area (TPSA) is 81.9 Å². The van der Waals surface area contributed by atoms with Crippen molar-refractivity contribution in [2.24, 2.45) is 5.73 Å². The van der Waals surface area contributed by atoms with Crippen molar-refractivity contribution in [3.05, 3.63) is 54.1 Å². The van der Waals surface area contributed by atoms with E-state index in [0.717, 1.165) is 5.56 Å². The van der Waals surface area contributed by atoms with Gasteiger partial charge in [0.2, 0.25) is 10.0 Å². The zero-order chi connectivity index (χ0) is 17.4. The fourth-order valence-electron chi connectivity index (χ4n) is 3.37. The Kier molecular flexibility index (Phi) is 5.43. The summed E-state index contributed by atoms with van der Waals surface area (Å²) in [7, 11) is -3.63. The highest BCUT2D eigenvalue weighted by Crippen LogP contribution is 2.35. The number of sulfonamides is 1. The van der Waals surface area contributed by atoms with Crippen LogP contribution in [0.2, 0.25) is 0 Å².